The quantitative estimate of drug-likeness (QED) is 0.185. The predicted molar refractivity (Wildman–Crippen MR) is 123 cm³/mol. The van der Waals surface area contributed by atoms with E-state index in [-0.39, 0.29) is 11.9 Å². The van der Waals surface area contributed by atoms with Crippen molar-refractivity contribution in [3.8, 4) is 0 Å². The van der Waals surface area contributed by atoms with Crippen LogP contribution in [0.1, 0.15) is 16.6 Å². The minimum atomic E-state index is -0.599. The fourth-order valence-electron chi connectivity index (χ4n) is 3.12. The van der Waals surface area contributed by atoms with E-state index in [4.69, 9.17) is 11.6 Å². The van der Waals surface area contributed by atoms with Crippen LogP contribution in [0.25, 0.3) is 10.2 Å². The molecule has 1 aliphatic rings. The van der Waals surface area contributed by atoms with Crippen molar-refractivity contribution in [1.82, 2.24) is 15.2 Å². The van der Waals surface area contributed by atoms with Crippen LogP contribution in [0.2, 0.25) is 0 Å². The molecule has 0 N–H and O–H groups in total. The number of β-lactam (4-membered cyclic amide) rings is 1. The Balaban J connectivity index is 1.33. The number of carbonyl (C=O) groups is 1. The molecule has 1 saturated heterocycles. The first-order valence-electron chi connectivity index (χ1n) is 8.64. The van der Waals surface area contributed by atoms with Gasteiger partial charge in [-0.3, -0.25) is 9.69 Å². The molecule has 4 aromatic rings. The van der Waals surface area contributed by atoms with Crippen LogP contribution < -0.4 is 4.90 Å². The van der Waals surface area contributed by atoms with E-state index >= 15 is 0 Å². The number of aromatic nitrogens is 3. The van der Waals surface area contributed by atoms with Gasteiger partial charge in [0.05, 0.1) is 22.0 Å². The van der Waals surface area contributed by atoms with E-state index in [0.29, 0.717) is 10.9 Å². The highest BCUT2D eigenvalue weighted by Gasteiger charge is 2.50. The summed E-state index contributed by atoms with van der Waals surface area (Å²) in [5, 5.41) is 9.35. The Labute approximate surface area is 192 Å². The molecule has 5 nitrogen and oxygen atoms in total. The first kappa shape index (κ1) is 19.4. The molecule has 29 heavy (non-hydrogen) atoms. The molecule has 2 unspecified atom stereocenters. The van der Waals surface area contributed by atoms with Gasteiger partial charge in [0.15, 0.2) is 4.34 Å². The van der Waals surface area contributed by atoms with E-state index in [1.54, 1.807) is 28.0 Å². The van der Waals surface area contributed by atoms with E-state index < -0.39 is 5.38 Å². The van der Waals surface area contributed by atoms with Crippen LogP contribution in [0, 0.1) is 0 Å². The number of alkyl halides is 1. The van der Waals surface area contributed by atoms with E-state index in [1.807, 2.05) is 42.5 Å². The van der Waals surface area contributed by atoms with Crippen molar-refractivity contribution in [2.75, 3.05) is 4.90 Å². The molecule has 0 bridgehead atoms. The Morgan fingerprint density at radius 2 is 1.90 bits per heavy atom. The second kappa shape index (κ2) is 7.96. The standard InChI is InChI=1S/C19H12BrClN4OS3/c20-11-6-2-1-5-10(11)16-15(21)17(26)25(16)18-24-23-14(29-18)9-27-19-22-12-7-3-4-8-13(12)28-19/h1-8,15-16H,9H2. The fourth-order valence-corrected chi connectivity index (χ4v) is 6.92. The van der Waals surface area contributed by atoms with Gasteiger partial charge >= 0.3 is 0 Å². The largest absolute Gasteiger partial charge is 0.276 e. The number of hydrogen-bond acceptors (Lipinski definition) is 7. The van der Waals surface area contributed by atoms with Crippen molar-refractivity contribution >= 4 is 83.2 Å². The normalized spacial score (nSPS) is 19.0. The number of hydrogen-bond donors (Lipinski definition) is 0. The summed E-state index contributed by atoms with van der Waals surface area (Å²) in [5.74, 6) is 0.512. The summed E-state index contributed by atoms with van der Waals surface area (Å²) in [6.45, 7) is 0. The monoisotopic (exact) mass is 522 g/mol. The van der Waals surface area contributed by atoms with Gasteiger partial charge in [-0.2, -0.15) is 0 Å². The van der Waals surface area contributed by atoms with Gasteiger partial charge in [-0.1, -0.05) is 69.4 Å². The summed E-state index contributed by atoms with van der Waals surface area (Å²) in [4.78, 5) is 18.7. The van der Waals surface area contributed by atoms with E-state index in [0.717, 1.165) is 24.9 Å². The van der Waals surface area contributed by atoms with Crippen LogP contribution in [0.3, 0.4) is 0 Å². The van der Waals surface area contributed by atoms with E-state index in [1.165, 1.54) is 16.0 Å². The summed E-state index contributed by atoms with van der Waals surface area (Å²) in [7, 11) is 0. The van der Waals surface area contributed by atoms with E-state index in [2.05, 4.69) is 37.2 Å². The molecule has 2 atom stereocenters. The summed E-state index contributed by atoms with van der Waals surface area (Å²) in [5.41, 5.74) is 1.97. The fraction of sp³-hybridized carbons (Fsp3) is 0.158. The molecule has 2 aromatic heterocycles. The predicted octanol–water partition coefficient (Wildman–Crippen LogP) is 5.90. The van der Waals surface area contributed by atoms with Gasteiger partial charge in [-0.05, 0) is 23.8 Å². The lowest BCUT2D eigenvalue weighted by Gasteiger charge is -2.42. The maximum atomic E-state index is 12.4. The lowest BCUT2D eigenvalue weighted by Crippen LogP contribution is -2.56. The van der Waals surface area contributed by atoms with Gasteiger partial charge in [0, 0.05) is 4.47 Å². The molecular formula is C19H12BrClN4OS3. The van der Waals surface area contributed by atoms with Crippen molar-refractivity contribution in [2.24, 2.45) is 0 Å². The molecule has 1 fully saturated rings. The lowest BCUT2D eigenvalue weighted by molar-refractivity contribution is -0.123. The first-order chi connectivity index (χ1) is 14.1. The van der Waals surface area contributed by atoms with Gasteiger partial charge in [0.1, 0.15) is 10.4 Å². The zero-order valence-electron chi connectivity index (χ0n) is 14.7. The molecule has 146 valence electrons. The van der Waals surface area contributed by atoms with Gasteiger partial charge in [0.2, 0.25) is 11.0 Å². The lowest BCUT2D eigenvalue weighted by atomic mass is 9.94. The molecule has 0 saturated carbocycles. The van der Waals surface area contributed by atoms with Crippen LogP contribution in [-0.2, 0) is 10.5 Å². The highest BCUT2D eigenvalue weighted by Crippen LogP contribution is 2.45. The number of fused-ring (bicyclic) bond motifs is 1. The number of benzene rings is 2. The van der Waals surface area contributed by atoms with Crippen molar-refractivity contribution < 1.29 is 4.79 Å². The summed E-state index contributed by atoms with van der Waals surface area (Å²) >= 11 is 14.6. The third-order valence-electron chi connectivity index (χ3n) is 4.51. The van der Waals surface area contributed by atoms with Crippen LogP contribution in [-0.4, -0.2) is 26.5 Å². The summed E-state index contributed by atoms with van der Waals surface area (Å²) in [6, 6.07) is 15.6. The number of thiazole rings is 1. The average Bonchev–Trinajstić information content (AvgIpc) is 3.36. The van der Waals surface area contributed by atoms with Gasteiger partial charge in [0.25, 0.3) is 0 Å². The maximum absolute atomic E-state index is 12.4. The number of carbonyl (C=O) groups excluding carboxylic acids is 1. The Morgan fingerprint density at radius 3 is 2.72 bits per heavy atom. The SMILES string of the molecule is O=C1C(Cl)C(c2ccccc2Br)N1c1nnc(CSc2nc3ccccc3s2)s1. The zero-order valence-corrected chi connectivity index (χ0v) is 19.4. The Morgan fingerprint density at radius 1 is 1.10 bits per heavy atom. The van der Waals surface area contributed by atoms with Crippen LogP contribution in [0.15, 0.2) is 57.3 Å². The smallest absolute Gasteiger partial charge is 0.250 e. The molecule has 1 amide bonds. The number of amides is 1. The molecular weight excluding hydrogens is 512 g/mol. The molecule has 10 heteroatoms. The number of thioether (sulfide) groups is 1. The van der Waals surface area contributed by atoms with Crippen molar-refractivity contribution in [1.29, 1.82) is 0 Å². The molecule has 3 heterocycles. The second-order valence-corrected chi connectivity index (χ2v) is 10.9. The minimum absolute atomic E-state index is 0.144. The molecule has 5 rings (SSSR count). The number of anilines is 1. The molecule has 0 radical (unpaired) electrons. The Kier molecular flexibility index (Phi) is 5.34. The maximum Gasteiger partial charge on any atom is 0.250 e. The average molecular weight is 524 g/mol. The van der Waals surface area contributed by atoms with Gasteiger partial charge in [-0.25, -0.2) is 4.98 Å². The second-order valence-electron chi connectivity index (χ2n) is 6.29. The zero-order chi connectivity index (χ0) is 20.0. The summed E-state index contributed by atoms with van der Waals surface area (Å²) in [6.07, 6.45) is 0. The van der Waals surface area contributed by atoms with Crippen LogP contribution in [0.4, 0.5) is 5.13 Å². The minimum Gasteiger partial charge on any atom is -0.276 e. The summed E-state index contributed by atoms with van der Waals surface area (Å²) < 4.78 is 3.09. The van der Waals surface area contributed by atoms with Crippen molar-refractivity contribution in [3.63, 3.8) is 0 Å². The first-order valence-corrected chi connectivity index (χ1v) is 12.5. The molecule has 2 aromatic carbocycles. The third kappa shape index (κ3) is 3.59. The van der Waals surface area contributed by atoms with E-state index in [9.17, 15) is 4.79 Å². The topological polar surface area (TPSA) is 59.0 Å². The molecule has 1 aliphatic heterocycles. The van der Waals surface area contributed by atoms with Crippen LogP contribution in [0.5, 0.6) is 0 Å². The van der Waals surface area contributed by atoms with Gasteiger partial charge in [-0.15, -0.1) is 33.1 Å². The number of para-hydroxylation sites is 1. The van der Waals surface area contributed by atoms with Gasteiger partial charge < -0.3 is 0 Å². The Bertz CT molecular complexity index is 1180. The van der Waals surface area contributed by atoms with Crippen LogP contribution >= 0.6 is 62.0 Å². The van der Waals surface area contributed by atoms with Crippen molar-refractivity contribution in [2.45, 2.75) is 21.5 Å². The Hall–Kier alpha value is -1.52. The number of rotatable bonds is 5. The van der Waals surface area contributed by atoms with Crippen molar-refractivity contribution in [3.05, 3.63) is 63.6 Å². The highest BCUT2D eigenvalue weighted by atomic mass is 79.9. The molecule has 0 aliphatic carbocycles. The number of halogens is 2. The highest BCUT2D eigenvalue weighted by molar-refractivity contribution is 9.10. The number of nitrogens with zero attached hydrogens (tertiary/aromatic N) is 4. The third-order valence-corrected chi connectivity index (χ3v) is 8.95. The molecule has 0 spiro atoms.